The van der Waals surface area contributed by atoms with E-state index in [9.17, 15) is 0 Å². The molecule has 0 aliphatic heterocycles. The molecule has 0 saturated carbocycles. The molecule has 74 valence electrons. The fourth-order valence-electron chi connectivity index (χ4n) is 0. The second kappa shape index (κ2) is 157. The predicted octanol–water partition coefficient (Wildman–Crippen LogP) is -0.837. The molecule has 0 fully saturated rings. The molecule has 0 aliphatic rings. The van der Waals surface area contributed by atoms with Gasteiger partial charge in [0.15, 0.2) is 0 Å². The molecule has 11 heavy (non-hydrogen) atoms. The van der Waals surface area contributed by atoms with Gasteiger partial charge in [-0.2, -0.15) is 0 Å². The molecule has 2 radical (unpaired) electrons. The van der Waals surface area contributed by atoms with Crippen LogP contribution in [0.25, 0.3) is 0 Å². The Kier molecular flexibility index (Phi) is 2780. The first-order chi connectivity index (χ1) is 0. The van der Waals surface area contributed by atoms with Gasteiger partial charge < -0.3 is 38.3 Å². The van der Waals surface area contributed by atoms with Crippen LogP contribution < -0.4 is 0 Å². The summed E-state index contributed by atoms with van der Waals surface area (Å²) >= 11 is 0. The fraction of sp³-hybridized carbons (Fsp3) is 0. The molecule has 0 bridgehead atoms. The minimum atomic E-state index is 0. The zero-order valence-electron chi connectivity index (χ0n) is 4.56. The Balaban J connectivity index is 0. The smallest absolute Gasteiger partial charge is 2.00 e. The molecule has 0 aliphatic carbocycles. The summed E-state index contributed by atoms with van der Waals surface area (Å²) in [4.78, 5) is 0. The van der Waals surface area contributed by atoms with E-state index >= 15 is 0 Å². The van der Waals surface area contributed by atoms with Crippen LogP contribution in [0, 0.1) is 79.9 Å². The van der Waals surface area contributed by atoms with Crippen molar-refractivity contribution in [1.82, 2.24) is 0 Å². The molecule has 0 aromatic heterocycles. The van der Waals surface area contributed by atoms with Crippen molar-refractivity contribution < 1.29 is 162 Å². The van der Waals surface area contributed by atoms with E-state index < -0.39 is 0 Å². The monoisotopic (exact) mass is 524 g/mol. The maximum Gasteiger partial charge on any atom is 3.00 e. The Hall–Kier alpha value is 3.80. The van der Waals surface area contributed by atoms with Crippen molar-refractivity contribution in [1.29, 1.82) is 0 Å². The van der Waals surface area contributed by atoms with Crippen molar-refractivity contribution in [3.05, 3.63) is 0 Å². The van der Waals surface area contributed by atoms with Gasteiger partial charge in [-0.25, -0.2) is 0 Å². The molecular weight excluding hydrogens is 522 g/mol. The van der Waals surface area contributed by atoms with Crippen LogP contribution in [0.15, 0.2) is 0 Å². The summed E-state index contributed by atoms with van der Waals surface area (Å²) in [6.07, 6.45) is 0. The van der Waals surface area contributed by atoms with Crippen LogP contribution in [0.3, 0.4) is 0 Å². The van der Waals surface area contributed by atoms with E-state index in [1.807, 2.05) is 0 Å². The molecule has 0 unspecified atom stereocenters. The first-order valence-corrected chi connectivity index (χ1v) is 0. The van der Waals surface area contributed by atoms with Crippen LogP contribution in [-0.4, -0.2) is 0 Å². The number of hydrogen-bond acceptors (Lipinski definition) is 0. The van der Waals surface area contributed by atoms with E-state index in [1.165, 1.54) is 0 Å². The first kappa shape index (κ1) is 195. The van der Waals surface area contributed by atoms with Gasteiger partial charge in [0.1, 0.15) is 0 Å². The van der Waals surface area contributed by atoms with Gasteiger partial charge >= 0.3 is 79.9 Å². The van der Waals surface area contributed by atoms with Crippen molar-refractivity contribution in [2.45, 2.75) is 0 Å². The number of rotatable bonds is 0. The van der Waals surface area contributed by atoms with Gasteiger partial charge in [0.2, 0.25) is 0 Å². The zero-order chi connectivity index (χ0) is 0. The Labute approximate surface area is 158 Å². The average Bonchev–Trinajstić information content (AvgIpc) is 0. The van der Waals surface area contributed by atoms with E-state index in [-0.39, 0.29) is 162 Å². The van der Waals surface area contributed by atoms with E-state index in [0.29, 0.717) is 0 Å². The molecule has 0 spiro atoms. The molecule has 0 atom stereocenters. The first-order valence-electron chi connectivity index (χ1n) is 0. The normalized spacial score (nSPS) is 0. The van der Waals surface area contributed by atoms with Gasteiger partial charge in [-0.15, -0.1) is 0 Å². The fourth-order valence-corrected chi connectivity index (χ4v) is 0. The predicted molar refractivity (Wildman–Crippen MR) is 4.81 cm³/mol. The van der Waals surface area contributed by atoms with Crippen molar-refractivity contribution >= 4 is 0 Å². The summed E-state index contributed by atoms with van der Waals surface area (Å²) in [5, 5.41) is 0. The molecule has 0 rings (SSSR count). The molecular formula is Gd2O7Ti2-8. The Bertz CT molecular complexity index is 14.4. The summed E-state index contributed by atoms with van der Waals surface area (Å²) < 4.78 is 0. The van der Waals surface area contributed by atoms with Gasteiger partial charge in [0.05, 0.1) is 0 Å². The molecule has 0 saturated heterocycles. The van der Waals surface area contributed by atoms with Gasteiger partial charge in [-0.05, 0) is 0 Å². The van der Waals surface area contributed by atoms with E-state index in [0.717, 1.165) is 0 Å². The molecule has 7 nitrogen and oxygen atoms in total. The van der Waals surface area contributed by atoms with Crippen molar-refractivity contribution in [3.63, 3.8) is 0 Å². The van der Waals surface area contributed by atoms with Crippen LogP contribution >= 0.6 is 0 Å². The van der Waals surface area contributed by atoms with Crippen LogP contribution in [0.5, 0.6) is 0 Å². The van der Waals surface area contributed by atoms with Crippen LogP contribution in [0.2, 0.25) is 0 Å². The summed E-state index contributed by atoms with van der Waals surface area (Å²) in [7, 11) is 0. The molecule has 0 aromatic carbocycles. The number of hydrogen-bond donors (Lipinski definition) is 0. The van der Waals surface area contributed by atoms with E-state index in [2.05, 4.69) is 0 Å². The molecule has 11 heteroatoms. The van der Waals surface area contributed by atoms with Crippen molar-refractivity contribution in [2.24, 2.45) is 0 Å². The second-order valence-electron chi connectivity index (χ2n) is 0. The molecule has 0 aromatic rings. The third-order valence-electron chi connectivity index (χ3n) is 0. The SMILES string of the molecule is [Gd+3].[Gd+3].[O-2].[O-2].[O-2].[O-2].[O-2].[O-2].[O-2].[Ti].[Ti]. The van der Waals surface area contributed by atoms with Crippen LogP contribution in [-0.2, 0) is 81.8 Å². The Morgan fingerprint density at radius 2 is 0.273 bits per heavy atom. The van der Waals surface area contributed by atoms with Gasteiger partial charge in [-0.3, -0.25) is 0 Å². The Morgan fingerprint density at radius 3 is 0.273 bits per heavy atom. The second-order valence-corrected chi connectivity index (χ2v) is 0. The van der Waals surface area contributed by atoms with Crippen molar-refractivity contribution in [2.75, 3.05) is 0 Å². The van der Waals surface area contributed by atoms with Gasteiger partial charge in [-0.1, -0.05) is 0 Å². The maximum absolute atomic E-state index is 0. The zero-order valence-corrected chi connectivity index (χ0v) is 12.2. The Morgan fingerprint density at radius 1 is 0.273 bits per heavy atom. The van der Waals surface area contributed by atoms with E-state index in [4.69, 9.17) is 0 Å². The van der Waals surface area contributed by atoms with Gasteiger partial charge in [0, 0.05) is 43.4 Å². The van der Waals surface area contributed by atoms with E-state index in [1.54, 1.807) is 0 Å². The quantitative estimate of drug-likeness (QED) is 0.358. The standard InChI is InChI=1S/2Gd.7O.2Ti/q2*+3;7*-2;;. The van der Waals surface area contributed by atoms with Crippen LogP contribution in [0.1, 0.15) is 0 Å². The third-order valence-corrected chi connectivity index (χ3v) is 0. The van der Waals surface area contributed by atoms with Crippen LogP contribution in [0.4, 0.5) is 0 Å². The molecule has 0 heterocycles. The van der Waals surface area contributed by atoms with Gasteiger partial charge in [0.25, 0.3) is 0 Å². The average molecular weight is 522 g/mol. The third kappa shape index (κ3) is 133. The van der Waals surface area contributed by atoms with Crippen molar-refractivity contribution in [3.8, 4) is 0 Å². The largest absolute Gasteiger partial charge is 3.00 e. The topological polar surface area (TPSA) is 200 Å². The maximum atomic E-state index is 0. The molecule has 0 amide bonds. The summed E-state index contributed by atoms with van der Waals surface area (Å²) in [6.45, 7) is 0. The summed E-state index contributed by atoms with van der Waals surface area (Å²) in [5.74, 6) is 0. The minimum absolute atomic E-state index is 0. The minimum Gasteiger partial charge on any atom is -2.00 e. The summed E-state index contributed by atoms with van der Waals surface area (Å²) in [5.41, 5.74) is 0. The summed E-state index contributed by atoms with van der Waals surface area (Å²) in [6, 6.07) is 0. The molecule has 0 N–H and O–H groups in total.